The standard InChI is InChI=1S/C6H6S.ClH.4FH/c7-6-4-2-1-3-5-6;;;;;/h1-5,7H;5*1H. The molecule has 0 aromatic heterocycles. The lowest BCUT2D eigenvalue weighted by atomic mass is 10.4. The van der Waals surface area contributed by atoms with Crippen molar-refractivity contribution in [3.05, 3.63) is 30.3 Å². The summed E-state index contributed by atoms with van der Waals surface area (Å²) in [7, 11) is 0. The maximum absolute atomic E-state index is 4.08. The van der Waals surface area contributed by atoms with E-state index >= 15 is 0 Å². The highest BCUT2D eigenvalue weighted by atomic mass is 35.5. The van der Waals surface area contributed by atoms with Gasteiger partial charge in [-0.15, -0.1) is 25.0 Å². The van der Waals surface area contributed by atoms with Crippen LogP contribution in [0.5, 0.6) is 0 Å². The Kier molecular flexibility index (Phi) is 42.2. The van der Waals surface area contributed by atoms with Crippen LogP contribution < -0.4 is 0 Å². The van der Waals surface area contributed by atoms with Crippen molar-refractivity contribution in [3.8, 4) is 0 Å². The van der Waals surface area contributed by atoms with E-state index in [0.717, 1.165) is 4.90 Å². The summed E-state index contributed by atoms with van der Waals surface area (Å²) >= 11 is 4.08. The summed E-state index contributed by atoms with van der Waals surface area (Å²) in [6, 6.07) is 9.79. The van der Waals surface area contributed by atoms with Crippen molar-refractivity contribution in [2.75, 3.05) is 0 Å². The summed E-state index contributed by atoms with van der Waals surface area (Å²) in [6.45, 7) is 0. The fourth-order valence-corrected chi connectivity index (χ4v) is 0.600. The molecule has 1 aromatic rings. The van der Waals surface area contributed by atoms with Gasteiger partial charge in [-0.2, -0.15) is 0 Å². The highest BCUT2D eigenvalue weighted by molar-refractivity contribution is 7.80. The van der Waals surface area contributed by atoms with E-state index in [1.165, 1.54) is 0 Å². The van der Waals surface area contributed by atoms with Crippen LogP contribution in [0.25, 0.3) is 0 Å². The fraction of sp³-hybridized carbons (Fsp3) is 0. The average molecular weight is 227 g/mol. The zero-order valence-corrected chi connectivity index (χ0v) is 7.59. The van der Waals surface area contributed by atoms with Crippen molar-refractivity contribution in [1.82, 2.24) is 0 Å². The first-order chi connectivity index (χ1) is 3.39. The number of thiol groups is 1. The molecule has 1 rings (SSSR count). The maximum atomic E-state index is 4.08. The van der Waals surface area contributed by atoms with Crippen LogP contribution in [0, 0.1) is 0 Å². The molecule has 0 spiro atoms. The van der Waals surface area contributed by atoms with Crippen LogP contribution >= 0.6 is 25.0 Å². The van der Waals surface area contributed by atoms with E-state index in [1.807, 2.05) is 30.3 Å². The maximum Gasteiger partial charge on any atom is 0.00399 e. The van der Waals surface area contributed by atoms with Crippen LogP contribution in [-0.4, -0.2) is 0 Å². The molecule has 0 heterocycles. The fourth-order valence-electron chi connectivity index (χ4n) is 0.428. The monoisotopic (exact) mass is 226 g/mol. The molecule has 0 aliphatic heterocycles. The molecular weight excluding hydrogens is 216 g/mol. The van der Waals surface area contributed by atoms with Gasteiger partial charge in [-0.25, -0.2) is 0 Å². The van der Waals surface area contributed by atoms with Gasteiger partial charge in [0, 0.05) is 4.90 Å². The highest BCUT2D eigenvalue weighted by Crippen LogP contribution is 2.00. The third-order valence-corrected chi connectivity index (χ3v) is 1.05. The van der Waals surface area contributed by atoms with Crippen molar-refractivity contribution >= 4 is 25.0 Å². The Morgan fingerprint density at radius 3 is 1.25 bits per heavy atom. The molecule has 0 radical (unpaired) electrons. The molecule has 12 heavy (non-hydrogen) atoms. The van der Waals surface area contributed by atoms with Crippen LogP contribution in [0.2, 0.25) is 0 Å². The Labute approximate surface area is 79.7 Å². The number of halogens is 5. The van der Waals surface area contributed by atoms with E-state index < -0.39 is 0 Å². The first kappa shape index (κ1) is 29.9. The van der Waals surface area contributed by atoms with Crippen molar-refractivity contribution in [3.63, 3.8) is 0 Å². The molecule has 0 aliphatic carbocycles. The van der Waals surface area contributed by atoms with Gasteiger partial charge in [0.1, 0.15) is 0 Å². The molecule has 0 amide bonds. The second-order valence-electron chi connectivity index (χ2n) is 1.34. The summed E-state index contributed by atoms with van der Waals surface area (Å²) in [5, 5.41) is 0. The summed E-state index contributed by atoms with van der Waals surface area (Å²) in [5.41, 5.74) is 0. The molecule has 6 heteroatoms. The zero-order chi connectivity index (χ0) is 5.11. The van der Waals surface area contributed by atoms with Gasteiger partial charge in [0.25, 0.3) is 0 Å². The first-order valence-corrected chi connectivity index (χ1v) is 2.58. The average Bonchev–Trinajstić information content (AvgIpc) is 1.69. The molecule has 0 nitrogen and oxygen atoms in total. The number of hydrogen-bond acceptors (Lipinski definition) is 1. The zero-order valence-electron chi connectivity index (χ0n) is 5.88. The summed E-state index contributed by atoms with van der Waals surface area (Å²) in [6.07, 6.45) is 0. The molecule has 0 aliphatic rings. The van der Waals surface area contributed by atoms with Gasteiger partial charge in [-0.1, -0.05) is 18.2 Å². The minimum Gasteiger partial charge on any atom is -0.269 e. The molecule has 0 saturated heterocycles. The van der Waals surface area contributed by atoms with E-state index in [-0.39, 0.29) is 31.2 Å². The number of rotatable bonds is 0. The molecule has 0 fully saturated rings. The second-order valence-corrected chi connectivity index (χ2v) is 1.85. The number of hydrogen-bond donors (Lipinski definition) is 1. The molecule has 0 saturated carbocycles. The van der Waals surface area contributed by atoms with Gasteiger partial charge in [0.2, 0.25) is 0 Å². The molecule has 0 unspecified atom stereocenters. The van der Waals surface area contributed by atoms with Crippen LogP contribution in [0.1, 0.15) is 0 Å². The van der Waals surface area contributed by atoms with E-state index in [1.54, 1.807) is 0 Å². The van der Waals surface area contributed by atoms with Crippen molar-refractivity contribution < 1.29 is 18.8 Å². The third-order valence-electron chi connectivity index (χ3n) is 0.756. The van der Waals surface area contributed by atoms with Crippen LogP contribution in [0.15, 0.2) is 35.2 Å². The third kappa shape index (κ3) is 12.3. The van der Waals surface area contributed by atoms with Gasteiger partial charge in [-0.3, -0.25) is 18.8 Å². The summed E-state index contributed by atoms with van der Waals surface area (Å²) < 4.78 is 0. The summed E-state index contributed by atoms with van der Waals surface area (Å²) in [4.78, 5) is 1.02. The van der Waals surface area contributed by atoms with E-state index in [4.69, 9.17) is 0 Å². The normalized spacial score (nSPS) is 5.08. The second kappa shape index (κ2) is 16.9. The van der Waals surface area contributed by atoms with Crippen LogP contribution in [0.3, 0.4) is 0 Å². The van der Waals surface area contributed by atoms with Gasteiger partial charge in [0.15, 0.2) is 0 Å². The summed E-state index contributed by atoms with van der Waals surface area (Å²) in [5.74, 6) is 0. The SMILES string of the molecule is Cl.F.F.F.F.Sc1ccccc1. The van der Waals surface area contributed by atoms with Gasteiger partial charge >= 0.3 is 0 Å². The van der Waals surface area contributed by atoms with Crippen LogP contribution in [-0.2, 0) is 0 Å². The number of benzene rings is 1. The van der Waals surface area contributed by atoms with E-state index in [2.05, 4.69) is 12.6 Å². The van der Waals surface area contributed by atoms with Gasteiger partial charge in [-0.05, 0) is 12.1 Å². The Morgan fingerprint density at radius 2 is 1.08 bits per heavy atom. The topological polar surface area (TPSA) is 0 Å². The predicted molar refractivity (Wildman–Crippen MR) is 51.0 cm³/mol. The predicted octanol–water partition coefficient (Wildman–Crippen LogP) is 3.01. The largest absolute Gasteiger partial charge is 0.269 e. The first-order valence-electron chi connectivity index (χ1n) is 2.13. The minimum absolute atomic E-state index is 0. The van der Waals surface area contributed by atoms with E-state index in [9.17, 15) is 0 Å². The van der Waals surface area contributed by atoms with E-state index in [0.29, 0.717) is 0 Å². The van der Waals surface area contributed by atoms with Crippen LogP contribution in [0.4, 0.5) is 18.8 Å². The Morgan fingerprint density at radius 1 is 0.750 bits per heavy atom. The molecule has 0 bridgehead atoms. The Balaban J connectivity index is -0.0000000327. The molecular formula is C6H11ClF4S. The molecule has 0 N–H and O–H groups in total. The highest BCUT2D eigenvalue weighted by Gasteiger charge is 1.73. The lowest BCUT2D eigenvalue weighted by Crippen LogP contribution is -1.56. The Bertz CT molecular complexity index is 149. The quantitative estimate of drug-likeness (QED) is 0.510. The van der Waals surface area contributed by atoms with Crippen molar-refractivity contribution in [1.29, 1.82) is 0 Å². The van der Waals surface area contributed by atoms with Crippen molar-refractivity contribution in [2.45, 2.75) is 4.90 Å². The molecule has 76 valence electrons. The van der Waals surface area contributed by atoms with Gasteiger partial charge in [0.05, 0.1) is 0 Å². The smallest absolute Gasteiger partial charge is 0.00399 e. The minimum atomic E-state index is 0. The lowest BCUT2D eigenvalue weighted by molar-refractivity contribution is 1.11. The lowest BCUT2D eigenvalue weighted by Gasteiger charge is -1.81. The molecule has 0 atom stereocenters. The van der Waals surface area contributed by atoms with Crippen molar-refractivity contribution in [2.24, 2.45) is 0 Å². The Hall–Kier alpha value is -0.420. The van der Waals surface area contributed by atoms with Gasteiger partial charge < -0.3 is 0 Å². The molecule has 1 aromatic carbocycles.